The Morgan fingerprint density at radius 1 is 1.13 bits per heavy atom. The molecule has 0 bridgehead atoms. The molecule has 10 heteroatoms. The van der Waals surface area contributed by atoms with E-state index >= 15 is 0 Å². The van der Waals surface area contributed by atoms with E-state index in [0.29, 0.717) is 17.6 Å². The number of anilines is 1. The van der Waals surface area contributed by atoms with Gasteiger partial charge in [-0.3, -0.25) is 9.59 Å². The van der Waals surface area contributed by atoms with Crippen LogP contribution in [0.4, 0.5) is 5.69 Å². The SMILES string of the molecule is CCn1cc(C(=O)OCC(=O)Nc2cc(Cl)c(Cl)cc2Cl)c(=O)c2ccc(C)nc21. The summed E-state index contributed by atoms with van der Waals surface area (Å²) in [6.45, 7) is 3.54. The molecule has 2 aromatic heterocycles. The smallest absolute Gasteiger partial charge is 0.344 e. The van der Waals surface area contributed by atoms with Crippen molar-refractivity contribution in [3.63, 3.8) is 0 Å². The number of fused-ring (bicyclic) bond motifs is 1. The van der Waals surface area contributed by atoms with E-state index < -0.39 is 23.9 Å². The highest BCUT2D eigenvalue weighted by molar-refractivity contribution is 6.44. The molecule has 0 saturated carbocycles. The molecule has 3 rings (SSSR count). The van der Waals surface area contributed by atoms with Gasteiger partial charge in [-0.25, -0.2) is 9.78 Å². The fourth-order valence-electron chi connectivity index (χ4n) is 2.76. The zero-order valence-electron chi connectivity index (χ0n) is 16.0. The molecular formula is C20H16Cl3N3O4. The summed E-state index contributed by atoms with van der Waals surface area (Å²) in [7, 11) is 0. The fourth-order valence-corrected chi connectivity index (χ4v) is 3.35. The molecule has 0 saturated heterocycles. The summed E-state index contributed by atoms with van der Waals surface area (Å²) >= 11 is 17.8. The van der Waals surface area contributed by atoms with Gasteiger partial charge in [-0.2, -0.15) is 0 Å². The van der Waals surface area contributed by atoms with Crippen LogP contribution in [0.5, 0.6) is 0 Å². The molecule has 2 heterocycles. The number of carbonyl (C=O) groups is 2. The van der Waals surface area contributed by atoms with E-state index in [4.69, 9.17) is 39.5 Å². The van der Waals surface area contributed by atoms with Crippen molar-refractivity contribution < 1.29 is 14.3 Å². The first-order chi connectivity index (χ1) is 14.2. The number of nitrogens with zero attached hydrogens (tertiary/aromatic N) is 2. The maximum Gasteiger partial charge on any atom is 0.344 e. The molecule has 0 aliphatic heterocycles. The van der Waals surface area contributed by atoms with Crippen LogP contribution in [-0.2, 0) is 16.1 Å². The average molecular weight is 469 g/mol. The van der Waals surface area contributed by atoms with E-state index in [-0.39, 0.29) is 26.3 Å². The van der Waals surface area contributed by atoms with Crippen LogP contribution < -0.4 is 10.7 Å². The van der Waals surface area contributed by atoms with Crippen LogP contribution in [0.2, 0.25) is 15.1 Å². The van der Waals surface area contributed by atoms with E-state index in [1.54, 1.807) is 16.7 Å². The van der Waals surface area contributed by atoms with Crippen LogP contribution in [0.15, 0.2) is 35.3 Å². The van der Waals surface area contributed by atoms with Crippen molar-refractivity contribution in [2.24, 2.45) is 0 Å². The Labute approximate surface area is 186 Å². The number of nitrogens with one attached hydrogen (secondary N) is 1. The Bertz CT molecular complexity index is 1220. The first kappa shape index (κ1) is 22.1. The second kappa shape index (κ2) is 9.04. The maximum absolute atomic E-state index is 12.7. The molecule has 3 aromatic rings. The molecule has 0 aliphatic carbocycles. The van der Waals surface area contributed by atoms with Gasteiger partial charge >= 0.3 is 5.97 Å². The lowest BCUT2D eigenvalue weighted by Crippen LogP contribution is -2.25. The number of aromatic nitrogens is 2. The van der Waals surface area contributed by atoms with E-state index in [2.05, 4.69) is 10.3 Å². The topological polar surface area (TPSA) is 90.3 Å². The Kier molecular flexibility index (Phi) is 6.65. The minimum Gasteiger partial charge on any atom is -0.452 e. The van der Waals surface area contributed by atoms with Crippen molar-refractivity contribution in [3.05, 3.63) is 67.0 Å². The third-order valence-electron chi connectivity index (χ3n) is 4.24. The molecule has 7 nitrogen and oxygen atoms in total. The van der Waals surface area contributed by atoms with Crippen molar-refractivity contribution in [1.29, 1.82) is 0 Å². The van der Waals surface area contributed by atoms with Crippen molar-refractivity contribution >= 4 is 63.4 Å². The third kappa shape index (κ3) is 4.59. The van der Waals surface area contributed by atoms with E-state index in [1.165, 1.54) is 18.3 Å². The zero-order chi connectivity index (χ0) is 22.0. The van der Waals surface area contributed by atoms with Crippen LogP contribution >= 0.6 is 34.8 Å². The third-order valence-corrected chi connectivity index (χ3v) is 5.27. The predicted molar refractivity (Wildman–Crippen MR) is 117 cm³/mol. The molecule has 0 unspecified atom stereocenters. The minimum absolute atomic E-state index is 0.173. The quantitative estimate of drug-likeness (QED) is 0.440. The van der Waals surface area contributed by atoms with Gasteiger partial charge < -0.3 is 14.6 Å². The molecule has 0 fully saturated rings. The molecule has 1 amide bonds. The average Bonchev–Trinajstić information content (AvgIpc) is 2.70. The van der Waals surface area contributed by atoms with Gasteiger partial charge in [0.1, 0.15) is 11.2 Å². The Morgan fingerprint density at radius 3 is 2.53 bits per heavy atom. The second-order valence-electron chi connectivity index (χ2n) is 6.35. The lowest BCUT2D eigenvalue weighted by atomic mass is 10.2. The van der Waals surface area contributed by atoms with Crippen molar-refractivity contribution in [2.45, 2.75) is 20.4 Å². The van der Waals surface area contributed by atoms with Crippen LogP contribution in [0.1, 0.15) is 23.0 Å². The van der Waals surface area contributed by atoms with Gasteiger partial charge in [0.25, 0.3) is 5.91 Å². The standard InChI is InChI=1S/C20H16Cl3N3O4/c1-3-26-8-12(18(28)11-5-4-10(2)24-19(11)26)20(29)30-9-17(27)25-16-7-14(22)13(21)6-15(16)23/h4-8H,3,9H2,1-2H3,(H,25,27). The molecule has 156 valence electrons. The van der Waals surface area contributed by atoms with Crippen LogP contribution in [0.25, 0.3) is 11.0 Å². The molecule has 30 heavy (non-hydrogen) atoms. The first-order valence-corrected chi connectivity index (χ1v) is 9.97. The lowest BCUT2D eigenvalue weighted by Gasteiger charge is -2.12. The Hall–Kier alpha value is -2.61. The van der Waals surface area contributed by atoms with Crippen LogP contribution in [-0.4, -0.2) is 28.0 Å². The Balaban J connectivity index is 1.78. The maximum atomic E-state index is 12.7. The molecule has 1 aromatic carbocycles. The molecular weight excluding hydrogens is 453 g/mol. The number of benzene rings is 1. The van der Waals surface area contributed by atoms with Crippen LogP contribution in [0.3, 0.4) is 0 Å². The van der Waals surface area contributed by atoms with Crippen LogP contribution in [0, 0.1) is 6.92 Å². The highest BCUT2D eigenvalue weighted by Crippen LogP contribution is 2.32. The Morgan fingerprint density at radius 2 is 1.83 bits per heavy atom. The summed E-state index contributed by atoms with van der Waals surface area (Å²) in [4.78, 5) is 41.7. The molecule has 0 aliphatic rings. The number of halogens is 3. The number of pyridine rings is 2. The number of esters is 1. The van der Waals surface area contributed by atoms with Gasteiger partial charge in [-0.15, -0.1) is 0 Å². The summed E-state index contributed by atoms with van der Waals surface area (Å²) in [5.74, 6) is -1.57. The monoisotopic (exact) mass is 467 g/mol. The fraction of sp³-hybridized carbons (Fsp3) is 0.200. The largest absolute Gasteiger partial charge is 0.452 e. The molecule has 0 spiro atoms. The summed E-state index contributed by atoms with van der Waals surface area (Å²) in [6, 6.07) is 6.06. The van der Waals surface area contributed by atoms with Gasteiger partial charge in [-0.05, 0) is 38.1 Å². The second-order valence-corrected chi connectivity index (χ2v) is 7.57. The number of rotatable bonds is 5. The lowest BCUT2D eigenvalue weighted by molar-refractivity contribution is -0.119. The molecule has 1 N–H and O–H groups in total. The highest BCUT2D eigenvalue weighted by atomic mass is 35.5. The molecule has 0 radical (unpaired) electrons. The number of hydrogen-bond donors (Lipinski definition) is 1. The summed E-state index contributed by atoms with van der Waals surface area (Å²) in [6.07, 6.45) is 1.38. The highest BCUT2D eigenvalue weighted by Gasteiger charge is 2.19. The number of hydrogen-bond acceptors (Lipinski definition) is 5. The van der Waals surface area contributed by atoms with Gasteiger partial charge in [0.05, 0.1) is 26.1 Å². The van der Waals surface area contributed by atoms with E-state index in [1.807, 2.05) is 13.8 Å². The summed E-state index contributed by atoms with van der Waals surface area (Å²) in [5, 5.41) is 3.38. The van der Waals surface area contributed by atoms with Gasteiger partial charge in [0.2, 0.25) is 5.43 Å². The van der Waals surface area contributed by atoms with Gasteiger partial charge in [-0.1, -0.05) is 34.8 Å². The van der Waals surface area contributed by atoms with Crippen molar-refractivity contribution in [1.82, 2.24) is 9.55 Å². The first-order valence-electron chi connectivity index (χ1n) is 8.83. The molecule has 0 atom stereocenters. The summed E-state index contributed by atoms with van der Waals surface area (Å²) < 4.78 is 6.70. The summed E-state index contributed by atoms with van der Waals surface area (Å²) in [5.41, 5.74) is 0.742. The van der Waals surface area contributed by atoms with E-state index in [9.17, 15) is 14.4 Å². The number of ether oxygens (including phenoxy) is 1. The van der Waals surface area contributed by atoms with Gasteiger partial charge in [0.15, 0.2) is 6.61 Å². The predicted octanol–water partition coefficient (Wildman–Crippen LogP) is 4.48. The number of aryl methyl sites for hydroxylation is 2. The van der Waals surface area contributed by atoms with Crippen molar-refractivity contribution in [2.75, 3.05) is 11.9 Å². The number of amides is 1. The normalized spacial score (nSPS) is 10.8. The minimum atomic E-state index is -0.917. The van der Waals surface area contributed by atoms with Gasteiger partial charge in [0, 0.05) is 18.4 Å². The van der Waals surface area contributed by atoms with Crippen molar-refractivity contribution in [3.8, 4) is 0 Å². The number of carbonyl (C=O) groups excluding carboxylic acids is 2. The zero-order valence-corrected chi connectivity index (χ0v) is 18.2. The van der Waals surface area contributed by atoms with E-state index in [0.717, 1.165) is 5.69 Å².